The quantitative estimate of drug-likeness (QED) is 0.148. The van der Waals surface area contributed by atoms with Crippen LogP contribution >= 0.6 is 0 Å². The van der Waals surface area contributed by atoms with Crippen LogP contribution in [0.4, 0.5) is 0 Å². The minimum absolute atomic E-state index is 0.0461. The van der Waals surface area contributed by atoms with Crippen molar-refractivity contribution < 1.29 is 38.4 Å². The highest BCUT2D eigenvalue weighted by Crippen LogP contribution is 2.47. The predicted molar refractivity (Wildman–Crippen MR) is 247 cm³/mol. The first-order chi connectivity index (χ1) is 33.8. The summed E-state index contributed by atoms with van der Waals surface area (Å²) in [6.45, 7) is 0. The fourth-order valence-corrected chi connectivity index (χ4v) is 14.2. The third-order valence-electron chi connectivity index (χ3n) is 17.3. The van der Waals surface area contributed by atoms with Gasteiger partial charge in [0.2, 0.25) is 0 Å². The molecule has 20 bridgehead atoms. The minimum atomic E-state index is -1.33. The van der Waals surface area contributed by atoms with E-state index in [0.717, 1.165) is 23.8 Å². The molecule has 0 saturated heterocycles. The van der Waals surface area contributed by atoms with Crippen LogP contribution in [0.1, 0.15) is 172 Å². The van der Waals surface area contributed by atoms with E-state index >= 15 is 0 Å². The average molecular weight is 938 g/mol. The topological polar surface area (TPSA) is 224 Å². The summed E-state index contributed by atoms with van der Waals surface area (Å²) in [5.74, 6) is -7.73. The summed E-state index contributed by atoms with van der Waals surface area (Å²) in [4.78, 5) is 179. The van der Waals surface area contributed by atoms with Crippen LogP contribution in [0.3, 0.4) is 0 Å². The van der Waals surface area contributed by atoms with E-state index in [4.69, 9.17) is 0 Å². The first-order valence-electron chi connectivity index (χ1n) is 24.2. The molecule has 0 unspecified atom stereocenters. The van der Waals surface area contributed by atoms with Gasteiger partial charge in [-0.3, -0.25) is 81.4 Å². The number of Topliss-reactive ketones (excluding diaryl/α,β-unsaturated/α-hetero) is 2. The normalized spacial score (nSPS) is 27.0. The first kappa shape index (κ1) is 41.2. The van der Waals surface area contributed by atoms with E-state index in [1.165, 1.54) is 48.5 Å². The molecule has 0 N–H and O–H groups in total. The molecular weight excluding hydrogens is 899 g/mol. The van der Waals surface area contributed by atoms with Crippen LogP contribution in [0.2, 0.25) is 0 Å². The van der Waals surface area contributed by atoms with Crippen molar-refractivity contribution in [2.75, 3.05) is 0 Å². The predicted octanol–water partition coefficient (Wildman–Crippen LogP) is 4.79. The van der Waals surface area contributed by atoms with Crippen molar-refractivity contribution in [3.8, 4) is 0 Å². The third-order valence-corrected chi connectivity index (χ3v) is 17.3. The van der Waals surface area contributed by atoms with E-state index in [1.54, 1.807) is 0 Å². The van der Waals surface area contributed by atoms with Gasteiger partial charge in [0.1, 0.15) is 0 Å². The van der Waals surface area contributed by atoms with Crippen molar-refractivity contribution in [1.29, 1.82) is 0 Å². The summed E-state index contributed by atoms with van der Waals surface area (Å²) in [6.07, 6.45) is 4.89. The maximum absolute atomic E-state index is 14.8. The Morgan fingerprint density at radius 1 is 0.314 bits per heavy atom. The van der Waals surface area contributed by atoms with Crippen LogP contribution in [0.15, 0.2) is 67.7 Å². The molecule has 70 heavy (non-hydrogen) atoms. The SMILES string of the molecule is O=C1c2cc3c4cc2C(=O)C1[C@@H]1CCCC[C@H]1N1C(=O)c2ccc5c6c(ccc(c26)C1=O)C(=O)N(C5=O)[C@@H]1CCCC[C@H]1n1c(=O)c2cc5c(=O)n(c(=O)c5cc2c1=O)[C@@H]1CCCC[C@H]1N(C3=O)C4=O. The lowest BCUT2D eigenvalue weighted by Crippen LogP contribution is -2.55. The number of ketones is 2. The molecular formula is C53H39N5O12. The zero-order valence-corrected chi connectivity index (χ0v) is 37.3. The number of imide groups is 3. The maximum atomic E-state index is 14.8. The summed E-state index contributed by atoms with van der Waals surface area (Å²) < 4.78 is 2.04. The average Bonchev–Trinajstić information content (AvgIpc) is 3.96. The van der Waals surface area contributed by atoms with Gasteiger partial charge in [0.15, 0.2) is 11.6 Å². The summed E-state index contributed by atoms with van der Waals surface area (Å²) in [5.41, 5.74) is -3.19. The van der Waals surface area contributed by atoms with E-state index in [1.807, 2.05) is 0 Å². The van der Waals surface area contributed by atoms with Crippen molar-refractivity contribution in [3.05, 3.63) is 134 Å². The zero-order chi connectivity index (χ0) is 48.1. The minimum Gasteiger partial charge on any atom is -0.293 e. The van der Waals surface area contributed by atoms with Gasteiger partial charge in [0, 0.05) is 50.2 Å². The van der Waals surface area contributed by atoms with Crippen LogP contribution in [0.5, 0.6) is 0 Å². The Morgan fingerprint density at radius 2 is 0.614 bits per heavy atom. The Kier molecular flexibility index (Phi) is 8.19. The molecule has 17 nitrogen and oxygen atoms in total. The van der Waals surface area contributed by atoms with E-state index in [0.29, 0.717) is 44.9 Å². The van der Waals surface area contributed by atoms with Gasteiger partial charge in [0.25, 0.3) is 57.7 Å². The largest absolute Gasteiger partial charge is 0.293 e. The van der Waals surface area contributed by atoms with Crippen molar-refractivity contribution in [2.24, 2.45) is 11.8 Å². The number of hydrogen-bond acceptors (Lipinski definition) is 12. The van der Waals surface area contributed by atoms with Gasteiger partial charge >= 0.3 is 0 Å². The summed E-state index contributed by atoms with van der Waals surface area (Å²) in [6, 6.07) is 5.86. The molecule has 0 spiro atoms. The molecule has 3 fully saturated rings. The number of benzene rings is 4. The van der Waals surface area contributed by atoms with Gasteiger partial charge in [-0.1, -0.05) is 38.5 Å². The summed E-state index contributed by atoms with van der Waals surface area (Å²) in [5, 5.41) is -0.284. The second kappa shape index (κ2) is 13.9. The molecule has 14 aliphatic heterocycles. The molecule has 16 heterocycles. The Morgan fingerprint density at radius 3 is 0.986 bits per heavy atom. The van der Waals surface area contributed by atoms with Crippen LogP contribution in [0, 0.1) is 11.8 Å². The van der Waals surface area contributed by atoms with E-state index in [9.17, 15) is 57.5 Å². The van der Waals surface area contributed by atoms with Gasteiger partial charge in [-0.25, -0.2) is 0 Å². The van der Waals surface area contributed by atoms with Crippen molar-refractivity contribution >= 4 is 79.3 Å². The van der Waals surface area contributed by atoms with Gasteiger partial charge in [-0.15, -0.1) is 0 Å². The number of carbonyl (C=O) groups is 8. The Balaban J connectivity index is 0.984. The van der Waals surface area contributed by atoms with Crippen molar-refractivity contribution in [2.45, 2.75) is 107 Å². The second-order valence-corrected chi connectivity index (χ2v) is 20.4. The molecule has 348 valence electrons. The Hall–Kier alpha value is -7.82. The molecule has 4 aliphatic carbocycles. The molecule has 3 saturated carbocycles. The van der Waals surface area contributed by atoms with Gasteiger partial charge in [-0.05, 0) is 93.0 Å². The molecule has 6 atom stereocenters. The molecule has 18 aliphatic rings. The van der Waals surface area contributed by atoms with E-state index in [-0.39, 0.29) is 109 Å². The van der Waals surface area contributed by atoms with Gasteiger partial charge < -0.3 is 0 Å². The molecule has 2 aromatic heterocycles. The summed E-state index contributed by atoms with van der Waals surface area (Å²) >= 11 is 0. The fraction of sp³-hybridized carbons (Fsp3) is 0.358. The van der Waals surface area contributed by atoms with E-state index < -0.39 is 111 Å². The highest BCUT2D eigenvalue weighted by atomic mass is 16.2. The van der Waals surface area contributed by atoms with Crippen LogP contribution in [-0.2, 0) is 0 Å². The van der Waals surface area contributed by atoms with E-state index in [2.05, 4.69) is 0 Å². The van der Waals surface area contributed by atoms with Crippen LogP contribution in [-0.4, -0.2) is 89.0 Å². The number of nitrogens with zero attached hydrogens (tertiary/aromatic N) is 5. The number of carbonyl (C=O) groups excluding carboxylic acids is 8. The lowest BCUT2D eigenvalue weighted by atomic mass is 9.73. The van der Waals surface area contributed by atoms with Crippen molar-refractivity contribution in [3.63, 3.8) is 0 Å². The second-order valence-electron chi connectivity index (χ2n) is 20.4. The third kappa shape index (κ3) is 4.91. The monoisotopic (exact) mass is 937 g/mol. The van der Waals surface area contributed by atoms with Gasteiger partial charge in [0.05, 0.1) is 62.8 Å². The number of rotatable bonds is 0. The highest BCUT2D eigenvalue weighted by Gasteiger charge is 2.54. The van der Waals surface area contributed by atoms with Crippen molar-refractivity contribution in [1.82, 2.24) is 23.8 Å². The number of amides is 6. The standard InChI is InChI=1S/C53H39N5O12/c59-42-26-17-28-29-18-27(26)43(60)41(42)21-7-1-2-8-34(21)54-44(61)22-13-15-24-40-25(16-14-23(39(22)40)45(54)62)47(64)55(46(24)63)35-9-3-4-10-36(35)57-50(67)30-19-32-33(20-31(30)51(57)68)53(70)58(52(32)69)38-12-6-5-11-37(38)56(48(28)65)49(29)66/h13-21,34-38,41H,1-12H2/t21-,34-,35-,36-,37-,38-/m1/s1. The number of hydrogen-bond donors (Lipinski definition) is 0. The smallest absolute Gasteiger partial charge is 0.261 e. The van der Waals surface area contributed by atoms with Crippen LogP contribution < -0.4 is 22.2 Å². The first-order valence-corrected chi connectivity index (χ1v) is 24.2. The van der Waals surface area contributed by atoms with Gasteiger partial charge in [-0.2, -0.15) is 0 Å². The summed E-state index contributed by atoms with van der Waals surface area (Å²) in [7, 11) is 0. The lowest BCUT2D eigenvalue weighted by Gasteiger charge is -2.43. The lowest BCUT2D eigenvalue weighted by molar-refractivity contribution is 0.0337. The molecule has 0 radical (unpaired) electrons. The molecule has 17 heteroatoms. The molecule has 4 aromatic carbocycles. The fourth-order valence-electron chi connectivity index (χ4n) is 14.2. The molecule has 24 rings (SSSR count). The highest BCUT2D eigenvalue weighted by molar-refractivity contribution is 6.34. The molecule has 6 aromatic rings. The zero-order valence-electron chi connectivity index (χ0n) is 37.3. The Labute approximate surface area is 393 Å². The molecule has 6 amide bonds. The maximum Gasteiger partial charge on any atom is 0.261 e. The Bertz CT molecular complexity index is 3670. The number of aromatic nitrogens is 2. The van der Waals surface area contributed by atoms with Crippen LogP contribution in [0.25, 0.3) is 32.3 Å².